The summed E-state index contributed by atoms with van der Waals surface area (Å²) in [7, 11) is 1.80. The van der Waals surface area contributed by atoms with E-state index in [9.17, 15) is 13.6 Å². The van der Waals surface area contributed by atoms with Gasteiger partial charge in [-0.2, -0.15) is 13.9 Å². The SMILES string of the molecule is Cc1nnc(N[C@H](C)c2cccc(C(F)(F)CO)c2)c2cc3c(cc12)N(C)C(=O)C31CCOCC1. The van der Waals surface area contributed by atoms with Crippen LogP contribution < -0.4 is 10.2 Å². The van der Waals surface area contributed by atoms with Crippen molar-refractivity contribution in [1.29, 1.82) is 0 Å². The Balaban J connectivity index is 1.57. The summed E-state index contributed by atoms with van der Waals surface area (Å²) in [4.78, 5) is 15.1. The number of carbonyl (C=O) groups is 1. The first-order valence-electron chi connectivity index (χ1n) is 11.7. The number of aliphatic hydroxyl groups is 1. The highest BCUT2D eigenvalue weighted by Crippen LogP contribution is 2.49. The lowest BCUT2D eigenvalue weighted by Crippen LogP contribution is -2.42. The van der Waals surface area contributed by atoms with Gasteiger partial charge in [0.05, 0.1) is 17.2 Å². The number of hydrogen-bond acceptors (Lipinski definition) is 6. The van der Waals surface area contributed by atoms with Crippen LogP contribution in [0.1, 0.15) is 48.2 Å². The molecule has 1 atom stereocenters. The van der Waals surface area contributed by atoms with Gasteiger partial charge >= 0.3 is 0 Å². The van der Waals surface area contributed by atoms with E-state index < -0.39 is 17.9 Å². The molecule has 7 nitrogen and oxygen atoms in total. The molecule has 2 N–H and O–H groups in total. The summed E-state index contributed by atoms with van der Waals surface area (Å²) >= 11 is 0. The van der Waals surface area contributed by atoms with E-state index in [-0.39, 0.29) is 17.5 Å². The second kappa shape index (κ2) is 8.49. The number of amides is 1. The molecule has 0 aliphatic carbocycles. The summed E-state index contributed by atoms with van der Waals surface area (Å²) in [5.41, 5.74) is 2.35. The van der Waals surface area contributed by atoms with E-state index >= 15 is 0 Å². The van der Waals surface area contributed by atoms with Crippen LogP contribution in [0.5, 0.6) is 0 Å². The van der Waals surface area contributed by atoms with Gasteiger partial charge in [-0.15, -0.1) is 5.10 Å². The van der Waals surface area contributed by atoms with Crippen LogP contribution in [0, 0.1) is 6.92 Å². The van der Waals surface area contributed by atoms with Crippen LogP contribution in [0.25, 0.3) is 10.8 Å². The number of ether oxygens (including phenoxy) is 1. The average molecular weight is 483 g/mol. The van der Waals surface area contributed by atoms with Gasteiger partial charge in [-0.1, -0.05) is 18.2 Å². The molecular formula is C26H28F2N4O3. The lowest BCUT2D eigenvalue weighted by molar-refractivity contribution is -0.126. The predicted molar refractivity (Wildman–Crippen MR) is 129 cm³/mol. The van der Waals surface area contributed by atoms with Crippen LogP contribution in [-0.4, -0.2) is 48.1 Å². The Bertz CT molecular complexity index is 1310. The monoisotopic (exact) mass is 482 g/mol. The first kappa shape index (κ1) is 23.6. The molecule has 2 aromatic carbocycles. The van der Waals surface area contributed by atoms with Crippen LogP contribution in [0.2, 0.25) is 0 Å². The van der Waals surface area contributed by atoms with Crippen LogP contribution in [0.15, 0.2) is 36.4 Å². The van der Waals surface area contributed by atoms with E-state index in [0.29, 0.717) is 37.4 Å². The van der Waals surface area contributed by atoms with Crippen molar-refractivity contribution in [3.05, 3.63) is 58.8 Å². The minimum Gasteiger partial charge on any atom is -0.390 e. The lowest BCUT2D eigenvalue weighted by atomic mass is 9.75. The summed E-state index contributed by atoms with van der Waals surface area (Å²) in [6, 6.07) is 9.66. The Morgan fingerprint density at radius 1 is 1.20 bits per heavy atom. The largest absolute Gasteiger partial charge is 0.390 e. The Morgan fingerprint density at radius 3 is 2.66 bits per heavy atom. The summed E-state index contributed by atoms with van der Waals surface area (Å²) in [5, 5.41) is 22.8. The van der Waals surface area contributed by atoms with E-state index in [1.54, 1.807) is 24.1 Å². The zero-order valence-electron chi connectivity index (χ0n) is 19.9. The number of halogens is 2. The Morgan fingerprint density at radius 2 is 1.94 bits per heavy atom. The van der Waals surface area contributed by atoms with Crippen molar-refractivity contribution in [2.24, 2.45) is 0 Å². The smallest absolute Gasteiger partial charge is 0.295 e. The third-order valence-electron chi connectivity index (χ3n) is 7.38. The fourth-order valence-electron chi connectivity index (χ4n) is 5.25. The Kier molecular flexibility index (Phi) is 5.72. The van der Waals surface area contributed by atoms with Gasteiger partial charge in [0, 0.05) is 42.3 Å². The third-order valence-corrected chi connectivity index (χ3v) is 7.38. The van der Waals surface area contributed by atoms with Crippen LogP contribution in [-0.2, 0) is 20.9 Å². The number of carbonyl (C=O) groups excluding carboxylic acids is 1. The van der Waals surface area contributed by atoms with Gasteiger partial charge in [0.1, 0.15) is 6.61 Å². The molecule has 3 heterocycles. The summed E-state index contributed by atoms with van der Waals surface area (Å²) < 4.78 is 33.6. The van der Waals surface area contributed by atoms with Crippen LogP contribution in [0.3, 0.4) is 0 Å². The number of hydrogen-bond donors (Lipinski definition) is 2. The maximum absolute atomic E-state index is 14.0. The molecule has 2 aliphatic heterocycles. The molecule has 1 fully saturated rings. The lowest BCUT2D eigenvalue weighted by Gasteiger charge is -2.32. The second-order valence-electron chi connectivity index (χ2n) is 9.46. The fourth-order valence-corrected chi connectivity index (χ4v) is 5.25. The van der Waals surface area contributed by atoms with Crippen LogP contribution in [0.4, 0.5) is 20.3 Å². The maximum Gasteiger partial charge on any atom is 0.295 e. The maximum atomic E-state index is 14.0. The van der Waals surface area contributed by atoms with E-state index in [1.165, 1.54) is 12.1 Å². The molecule has 2 aliphatic rings. The predicted octanol–water partition coefficient (Wildman–Crippen LogP) is 4.22. The molecular weight excluding hydrogens is 454 g/mol. The van der Waals surface area contributed by atoms with Gasteiger partial charge < -0.3 is 20.1 Å². The van der Waals surface area contributed by atoms with Crippen molar-refractivity contribution in [2.75, 3.05) is 37.1 Å². The third kappa shape index (κ3) is 3.73. The zero-order chi connectivity index (χ0) is 25.0. The van der Waals surface area contributed by atoms with Gasteiger partial charge in [-0.25, -0.2) is 0 Å². The van der Waals surface area contributed by atoms with Crippen LogP contribution >= 0.6 is 0 Å². The number of rotatable bonds is 5. The highest BCUT2D eigenvalue weighted by atomic mass is 19.3. The number of benzene rings is 2. The van der Waals surface area contributed by atoms with Gasteiger partial charge in [0.15, 0.2) is 5.82 Å². The average Bonchev–Trinajstić information content (AvgIpc) is 3.07. The molecule has 0 bridgehead atoms. The first-order chi connectivity index (χ1) is 16.7. The standard InChI is InChI=1S/C26H28F2N4O3/c1-15(17-5-4-6-18(11-17)26(27,28)14-33)29-23-20-12-21-22(13-19(20)16(2)30-31-23)32(3)24(34)25(21)7-9-35-10-8-25/h4-6,11-13,15,33H,7-10,14H2,1-3H3,(H,29,31)/t15-/m1/s1. The van der Waals surface area contributed by atoms with E-state index in [4.69, 9.17) is 9.84 Å². The molecule has 9 heteroatoms. The normalized spacial score (nSPS) is 18.2. The summed E-state index contributed by atoms with van der Waals surface area (Å²) in [6.07, 6.45) is 1.24. The van der Waals surface area contributed by atoms with Gasteiger partial charge in [0.2, 0.25) is 5.91 Å². The van der Waals surface area contributed by atoms with E-state index in [2.05, 4.69) is 15.5 Å². The molecule has 1 amide bonds. The Labute approximate surface area is 202 Å². The first-order valence-corrected chi connectivity index (χ1v) is 11.7. The van der Waals surface area contributed by atoms with Crippen molar-refractivity contribution in [1.82, 2.24) is 10.2 Å². The summed E-state index contributed by atoms with van der Waals surface area (Å²) in [6.45, 7) is 3.53. The number of nitrogens with zero attached hydrogens (tertiary/aromatic N) is 3. The van der Waals surface area contributed by atoms with Crippen molar-refractivity contribution < 1.29 is 23.4 Å². The van der Waals surface area contributed by atoms with Gasteiger partial charge in [-0.3, -0.25) is 4.79 Å². The van der Waals surface area contributed by atoms with Crippen molar-refractivity contribution in [3.63, 3.8) is 0 Å². The van der Waals surface area contributed by atoms with Crippen molar-refractivity contribution >= 4 is 28.2 Å². The highest BCUT2D eigenvalue weighted by Gasteiger charge is 2.50. The number of aliphatic hydroxyl groups excluding tert-OH is 1. The fraction of sp³-hybridized carbons (Fsp3) is 0.423. The number of likely N-dealkylation sites (N-methyl/N-ethyl adjacent to an activating group) is 1. The topological polar surface area (TPSA) is 87.6 Å². The molecule has 5 rings (SSSR count). The van der Waals surface area contributed by atoms with Gasteiger partial charge in [-0.05, 0) is 56.0 Å². The number of anilines is 2. The number of aromatic nitrogens is 2. The molecule has 35 heavy (non-hydrogen) atoms. The minimum absolute atomic E-state index is 0.0779. The van der Waals surface area contributed by atoms with Gasteiger partial charge in [0.25, 0.3) is 5.92 Å². The Hall–Kier alpha value is -3.17. The zero-order valence-corrected chi connectivity index (χ0v) is 19.9. The second-order valence-corrected chi connectivity index (χ2v) is 9.46. The molecule has 1 saturated heterocycles. The molecule has 0 saturated carbocycles. The minimum atomic E-state index is -3.32. The molecule has 0 radical (unpaired) electrons. The highest BCUT2D eigenvalue weighted by molar-refractivity contribution is 6.11. The molecule has 1 spiro atoms. The van der Waals surface area contributed by atoms with Crippen molar-refractivity contribution in [2.45, 2.75) is 44.1 Å². The summed E-state index contributed by atoms with van der Waals surface area (Å²) in [5.74, 6) is -2.72. The number of fused-ring (bicyclic) bond motifs is 3. The number of alkyl halides is 2. The molecule has 184 valence electrons. The molecule has 3 aromatic rings. The van der Waals surface area contributed by atoms with E-state index in [0.717, 1.165) is 27.7 Å². The number of nitrogens with one attached hydrogen (secondary N) is 1. The molecule has 0 unspecified atom stereocenters. The van der Waals surface area contributed by atoms with E-state index in [1.807, 2.05) is 26.0 Å². The number of aryl methyl sites for hydroxylation is 1. The quantitative estimate of drug-likeness (QED) is 0.566. The molecule has 1 aromatic heterocycles. The van der Waals surface area contributed by atoms with Crippen molar-refractivity contribution in [3.8, 4) is 0 Å².